The summed E-state index contributed by atoms with van der Waals surface area (Å²) in [6.07, 6.45) is 2.40. The van der Waals surface area contributed by atoms with Crippen molar-refractivity contribution in [2.24, 2.45) is 5.73 Å². The van der Waals surface area contributed by atoms with Crippen LogP contribution < -0.4 is 16.2 Å². The average Bonchev–Trinajstić information content (AvgIpc) is 2.57. The van der Waals surface area contributed by atoms with Crippen molar-refractivity contribution in [2.75, 3.05) is 18.0 Å². The number of aromatic amines is 1. The van der Waals surface area contributed by atoms with E-state index in [2.05, 4.69) is 14.9 Å². The van der Waals surface area contributed by atoms with Gasteiger partial charge in [-0.3, -0.25) is 4.79 Å². The molecular weight excluding hydrogens is 295 g/mol. The van der Waals surface area contributed by atoms with Gasteiger partial charge in [0, 0.05) is 19.1 Å². The molecule has 1 atom stereocenters. The number of nitrogens with one attached hydrogen (secondary N) is 1. The molecule has 0 saturated carbocycles. The second-order valence-electron chi connectivity index (χ2n) is 3.36. The molecule has 76 valence electrons. The second-order valence-corrected chi connectivity index (χ2v) is 4.44. The summed E-state index contributed by atoms with van der Waals surface area (Å²) in [5.41, 5.74) is 5.71. The third kappa shape index (κ3) is 1.76. The average molecular weight is 306 g/mol. The molecule has 0 amide bonds. The number of halogens is 1. The Balaban J connectivity index is 2.33. The van der Waals surface area contributed by atoms with E-state index in [-0.39, 0.29) is 11.6 Å². The molecule has 2 rings (SSSR count). The van der Waals surface area contributed by atoms with Gasteiger partial charge >= 0.3 is 0 Å². The quantitative estimate of drug-likeness (QED) is 0.711. The van der Waals surface area contributed by atoms with Crippen molar-refractivity contribution in [2.45, 2.75) is 12.5 Å². The third-order valence-corrected chi connectivity index (χ3v) is 3.27. The van der Waals surface area contributed by atoms with Gasteiger partial charge in [0.2, 0.25) is 0 Å². The third-order valence-electron chi connectivity index (χ3n) is 2.30. The fourth-order valence-electron chi connectivity index (χ4n) is 1.57. The van der Waals surface area contributed by atoms with E-state index in [9.17, 15) is 4.79 Å². The van der Waals surface area contributed by atoms with Crippen molar-refractivity contribution < 1.29 is 0 Å². The number of hydrogen-bond donors (Lipinski definition) is 2. The van der Waals surface area contributed by atoms with Crippen LogP contribution in [-0.4, -0.2) is 29.1 Å². The van der Waals surface area contributed by atoms with E-state index in [1.165, 1.54) is 6.33 Å². The smallest absolute Gasteiger partial charge is 0.266 e. The van der Waals surface area contributed by atoms with Crippen LogP contribution in [0.4, 0.5) is 5.82 Å². The second kappa shape index (κ2) is 3.85. The first-order chi connectivity index (χ1) is 6.68. The molecule has 1 aromatic rings. The molecule has 6 heteroatoms. The molecule has 0 spiro atoms. The summed E-state index contributed by atoms with van der Waals surface area (Å²) in [5, 5.41) is 0. The van der Waals surface area contributed by atoms with Crippen molar-refractivity contribution >= 4 is 28.4 Å². The highest BCUT2D eigenvalue weighted by atomic mass is 127. The predicted octanol–water partition coefficient (Wildman–Crippen LogP) is -0.0881. The van der Waals surface area contributed by atoms with E-state index >= 15 is 0 Å². The van der Waals surface area contributed by atoms with Crippen LogP contribution in [0.15, 0.2) is 11.1 Å². The summed E-state index contributed by atoms with van der Waals surface area (Å²) in [6, 6.07) is 0.201. The molecule has 1 aliphatic heterocycles. The fraction of sp³-hybridized carbons (Fsp3) is 0.500. The zero-order valence-corrected chi connectivity index (χ0v) is 9.69. The van der Waals surface area contributed by atoms with Crippen molar-refractivity contribution in [1.82, 2.24) is 9.97 Å². The van der Waals surface area contributed by atoms with E-state index in [1.807, 2.05) is 22.6 Å². The molecule has 1 aromatic heterocycles. The van der Waals surface area contributed by atoms with Gasteiger partial charge in [-0.25, -0.2) is 4.98 Å². The molecule has 1 fully saturated rings. The normalized spacial score (nSPS) is 21.6. The number of rotatable bonds is 1. The van der Waals surface area contributed by atoms with Gasteiger partial charge in [0.25, 0.3) is 5.56 Å². The summed E-state index contributed by atoms with van der Waals surface area (Å²) < 4.78 is 0.638. The molecule has 0 aliphatic carbocycles. The van der Waals surface area contributed by atoms with E-state index < -0.39 is 0 Å². The summed E-state index contributed by atoms with van der Waals surface area (Å²) in [5.74, 6) is 0.752. The van der Waals surface area contributed by atoms with Gasteiger partial charge in [-0.05, 0) is 29.0 Å². The van der Waals surface area contributed by atoms with Gasteiger partial charge in [-0.15, -0.1) is 0 Å². The maximum atomic E-state index is 11.3. The maximum Gasteiger partial charge on any atom is 0.266 e. The molecule has 3 N–H and O–H groups in total. The molecule has 1 aliphatic rings. The first-order valence-corrected chi connectivity index (χ1v) is 5.50. The molecule has 14 heavy (non-hydrogen) atoms. The largest absolute Gasteiger partial charge is 0.354 e. The lowest BCUT2D eigenvalue weighted by atomic mass is 10.3. The van der Waals surface area contributed by atoms with Gasteiger partial charge in [0.15, 0.2) is 0 Å². The molecule has 0 bridgehead atoms. The van der Waals surface area contributed by atoms with Crippen LogP contribution in [0, 0.1) is 3.57 Å². The van der Waals surface area contributed by atoms with Crippen LogP contribution in [0.2, 0.25) is 0 Å². The van der Waals surface area contributed by atoms with E-state index in [0.29, 0.717) is 3.57 Å². The van der Waals surface area contributed by atoms with Gasteiger partial charge < -0.3 is 15.6 Å². The minimum atomic E-state index is -0.0870. The number of anilines is 1. The lowest BCUT2D eigenvalue weighted by Crippen LogP contribution is -2.29. The highest BCUT2D eigenvalue weighted by molar-refractivity contribution is 14.1. The zero-order valence-electron chi connectivity index (χ0n) is 7.53. The Morgan fingerprint density at radius 2 is 2.50 bits per heavy atom. The molecule has 0 aromatic carbocycles. The van der Waals surface area contributed by atoms with Crippen LogP contribution in [-0.2, 0) is 0 Å². The monoisotopic (exact) mass is 306 g/mol. The lowest BCUT2D eigenvalue weighted by Gasteiger charge is -2.17. The van der Waals surface area contributed by atoms with E-state index in [1.54, 1.807) is 0 Å². The number of hydrogen-bond acceptors (Lipinski definition) is 4. The van der Waals surface area contributed by atoms with E-state index in [4.69, 9.17) is 5.73 Å². The summed E-state index contributed by atoms with van der Waals surface area (Å²) in [7, 11) is 0. The van der Waals surface area contributed by atoms with Crippen LogP contribution in [0.1, 0.15) is 6.42 Å². The van der Waals surface area contributed by atoms with Crippen molar-refractivity contribution in [3.63, 3.8) is 0 Å². The van der Waals surface area contributed by atoms with Crippen LogP contribution >= 0.6 is 22.6 Å². The van der Waals surface area contributed by atoms with Gasteiger partial charge in [0.05, 0.1) is 6.33 Å². The Hall–Kier alpha value is -0.630. The van der Waals surface area contributed by atoms with Crippen LogP contribution in [0.3, 0.4) is 0 Å². The number of aromatic nitrogens is 2. The van der Waals surface area contributed by atoms with Crippen molar-refractivity contribution in [3.05, 3.63) is 20.3 Å². The Bertz CT molecular complexity index is 391. The Morgan fingerprint density at radius 1 is 1.71 bits per heavy atom. The standard InChI is InChI=1S/C8H11IN4O/c9-6-7(11-4-12-8(6)14)13-2-1-5(10)3-13/h4-5H,1-3,10H2,(H,11,12,14). The topological polar surface area (TPSA) is 75.0 Å². The lowest BCUT2D eigenvalue weighted by molar-refractivity contribution is 0.751. The molecule has 1 saturated heterocycles. The van der Waals surface area contributed by atoms with Crippen LogP contribution in [0.5, 0.6) is 0 Å². The molecule has 1 unspecified atom stereocenters. The maximum absolute atomic E-state index is 11.3. The Kier molecular flexibility index (Phi) is 2.73. The minimum Gasteiger partial charge on any atom is -0.354 e. The van der Waals surface area contributed by atoms with Crippen LogP contribution in [0.25, 0.3) is 0 Å². The molecule has 0 radical (unpaired) electrons. The predicted molar refractivity (Wildman–Crippen MR) is 62.4 cm³/mol. The van der Waals surface area contributed by atoms with Gasteiger partial charge in [0.1, 0.15) is 9.39 Å². The fourth-order valence-corrected chi connectivity index (χ4v) is 2.21. The van der Waals surface area contributed by atoms with E-state index in [0.717, 1.165) is 25.3 Å². The number of H-pyrrole nitrogens is 1. The highest BCUT2D eigenvalue weighted by Gasteiger charge is 2.22. The first-order valence-electron chi connectivity index (χ1n) is 4.42. The van der Waals surface area contributed by atoms with Crippen molar-refractivity contribution in [1.29, 1.82) is 0 Å². The summed E-state index contributed by atoms with van der Waals surface area (Å²) in [6.45, 7) is 1.67. The van der Waals surface area contributed by atoms with Gasteiger partial charge in [-0.1, -0.05) is 0 Å². The molecular formula is C8H11IN4O. The summed E-state index contributed by atoms with van der Waals surface area (Å²) in [4.78, 5) is 20.1. The number of nitrogens with two attached hydrogens (primary N) is 1. The molecule has 2 heterocycles. The highest BCUT2D eigenvalue weighted by Crippen LogP contribution is 2.19. The van der Waals surface area contributed by atoms with Crippen molar-refractivity contribution in [3.8, 4) is 0 Å². The zero-order chi connectivity index (χ0) is 10.1. The first kappa shape index (κ1) is 9.91. The number of nitrogens with zero attached hydrogens (tertiary/aromatic N) is 2. The summed E-state index contributed by atoms with van der Waals surface area (Å²) >= 11 is 2.01. The minimum absolute atomic E-state index is 0.0870. The Labute approximate surface area is 94.8 Å². The Morgan fingerprint density at radius 3 is 3.14 bits per heavy atom. The van der Waals surface area contributed by atoms with Gasteiger partial charge in [-0.2, -0.15) is 0 Å². The molecule has 5 nitrogen and oxygen atoms in total. The SMILES string of the molecule is NC1CCN(c2nc[nH]c(=O)c2I)C1.